The van der Waals surface area contributed by atoms with Crippen LogP contribution in [0.3, 0.4) is 0 Å². The lowest BCUT2D eigenvalue weighted by Gasteiger charge is -2.34. The van der Waals surface area contributed by atoms with E-state index in [1.165, 1.54) is 0 Å². The summed E-state index contributed by atoms with van der Waals surface area (Å²) in [6, 6.07) is 7.94. The number of carbonyl (C=O) groups is 3. The van der Waals surface area contributed by atoms with Crippen LogP contribution in [-0.2, 0) is 19.1 Å². The van der Waals surface area contributed by atoms with Crippen molar-refractivity contribution in [1.82, 2.24) is 19.8 Å². The molecule has 1 saturated heterocycles. The van der Waals surface area contributed by atoms with Crippen molar-refractivity contribution in [3.8, 4) is 11.3 Å². The average molecular weight is 516 g/mol. The van der Waals surface area contributed by atoms with E-state index in [0.717, 1.165) is 17.1 Å². The third-order valence-electron chi connectivity index (χ3n) is 6.24. The van der Waals surface area contributed by atoms with Gasteiger partial charge >= 0.3 is 0 Å². The Bertz CT molecular complexity index is 1050. The van der Waals surface area contributed by atoms with Gasteiger partial charge in [0.2, 0.25) is 17.7 Å². The van der Waals surface area contributed by atoms with Crippen LogP contribution in [0.1, 0.15) is 60.8 Å². The van der Waals surface area contributed by atoms with E-state index in [4.69, 9.17) is 4.74 Å². The van der Waals surface area contributed by atoms with Gasteiger partial charge in [0.25, 0.3) is 0 Å². The quantitative estimate of drug-likeness (QED) is 0.524. The van der Waals surface area contributed by atoms with Gasteiger partial charge in [-0.05, 0) is 47.0 Å². The second-order valence-corrected chi connectivity index (χ2v) is 11.0. The zero-order valence-electron chi connectivity index (χ0n) is 21.9. The number of carbonyl (C=O) groups excluding carboxylic acids is 3. The van der Waals surface area contributed by atoms with Crippen molar-refractivity contribution >= 4 is 34.3 Å². The maximum atomic E-state index is 13.8. The summed E-state index contributed by atoms with van der Waals surface area (Å²) in [5.74, 6) is -1.05. The van der Waals surface area contributed by atoms with Crippen LogP contribution in [0.15, 0.2) is 30.3 Å². The smallest absolute Gasteiger partial charge is 0.248 e. The van der Waals surface area contributed by atoms with Gasteiger partial charge in [-0.1, -0.05) is 48.7 Å². The topological polar surface area (TPSA) is 114 Å². The number of aromatic nitrogens is 2. The first kappa shape index (κ1) is 27.7. The lowest BCUT2D eigenvalue weighted by Crippen LogP contribution is -2.58. The molecule has 10 heteroatoms. The van der Waals surface area contributed by atoms with Crippen LogP contribution in [0.5, 0.6) is 0 Å². The molecular weight excluding hydrogens is 478 g/mol. The highest BCUT2D eigenvalue weighted by atomic mass is 32.1. The van der Waals surface area contributed by atoms with Crippen LogP contribution in [0.25, 0.3) is 11.3 Å². The molecular formula is C26H37N5O4S. The summed E-state index contributed by atoms with van der Waals surface area (Å²) in [5.41, 5.74) is 0.936. The predicted molar refractivity (Wildman–Crippen MR) is 140 cm³/mol. The van der Waals surface area contributed by atoms with Crippen LogP contribution in [-0.4, -0.2) is 62.5 Å². The summed E-state index contributed by atoms with van der Waals surface area (Å²) in [6.07, 6.45) is 1.30. The summed E-state index contributed by atoms with van der Waals surface area (Å²) in [6.45, 7) is 11.7. The van der Waals surface area contributed by atoms with Gasteiger partial charge in [-0.15, -0.1) is 5.10 Å². The van der Waals surface area contributed by atoms with Gasteiger partial charge in [0, 0.05) is 29.6 Å². The normalized spacial score (nSPS) is 18.4. The molecule has 0 unspecified atom stereocenters. The monoisotopic (exact) mass is 515 g/mol. The molecule has 1 aliphatic heterocycles. The van der Waals surface area contributed by atoms with E-state index in [0.29, 0.717) is 36.5 Å². The molecule has 196 valence electrons. The number of amides is 3. The Morgan fingerprint density at radius 1 is 1.19 bits per heavy atom. The molecule has 0 bridgehead atoms. The van der Waals surface area contributed by atoms with Gasteiger partial charge in [-0.3, -0.25) is 14.4 Å². The molecule has 1 aromatic heterocycles. The van der Waals surface area contributed by atoms with Crippen LogP contribution < -0.4 is 10.6 Å². The van der Waals surface area contributed by atoms with E-state index in [1.54, 1.807) is 11.8 Å². The number of ether oxygens (including phenoxy) is 1. The molecule has 1 aromatic carbocycles. The largest absolute Gasteiger partial charge is 0.370 e. The summed E-state index contributed by atoms with van der Waals surface area (Å²) >= 11 is 1.10. The minimum Gasteiger partial charge on any atom is -0.370 e. The zero-order valence-corrected chi connectivity index (χ0v) is 22.7. The van der Waals surface area contributed by atoms with Gasteiger partial charge < -0.3 is 20.3 Å². The second kappa shape index (κ2) is 11.9. The Labute approximate surface area is 217 Å². The molecule has 1 fully saturated rings. The van der Waals surface area contributed by atoms with Crippen molar-refractivity contribution < 1.29 is 19.1 Å². The number of likely N-dealkylation sites (tertiary alicyclic amines) is 1. The van der Waals surface area contributed by atoms with Gasteiger partial charge in [0.05, 0.1) is 11.7 Å². The molecule has 2 aromatic rings. The maximum absolute atomic E-state index is 13.8. The molecule has 0 spiro atoms. The van der Waals surface area contributed by atoms with Crippen molar-refractivity contribution in [2.45, 2.75) is 84.6 Å². The lowest BCUT2D eigenvalue weighted by atomic mass is 10.0. The lowest BCUT2D eigenvalue weighted by molar-refractivity contribution is -0.148. The standard InChI is InChI=1S/C26H37N5O4S/c1-7-16(2)22(32)27-20(17(3)35-26(4,5)6)25(34)31-15-11-14-19(31)23(33)28-24-21(29-30-36-24)18-12-9-8-10-13-18/h8-10,12-13,16-17,19-20H,7,11,14-15H2,1-6H3,(H,27,32)(H,28,33)/t16-,17-,19+,20+/m1/s1. The fourth-order valence-corrected chi connectivity index (χ4v) is 4.82. The van der Waals surface area contributed by atoms with Crippen LogP contribution in [0.2, 0.25) is 0 Å². The predicted octanol–water partition coefficient (Wildman–Crippen LogP) is 3.87. The molecule has 2 heterocycles. The first-order valence-corrected chi connectivity index (χ1v) is 13.3. The Hall–Kier alpha value is -2.85. The highest BCUT2D eigenvalue weighted by Gasteiger charge is 2.41. The second-order valence-electron chi connectivity index (χ2n) is 10.2. The van der Waals surface area contributed by atoms with Gasteiger partial charge in [0.1, 0.15) is 22.8 Å². The van der Waals surface area contributed by atoms with E-state index in [9.17, 15) is 14.4 Å². The molecule has 3 rings (SSSR count). The van der Waals surface area contributed by atoms with E-state index in [2.05, 4.69) is 20.2 Å². The molecule has 3 amide bonds. The number of nitrogens with zero attached hydrogens (tertiary/aromatic N) is 3. The number of hydrogen-bond acceptors (Lipinski definition) is 7. The zero-order chi connectivity index (χ0) is 26.5. The highest BCUT2D eigenvalue weighted by molar-refractivity contribution is 7.10. The molecule has 1 aliphatic rings. The Morgan fingerprint density at radius 2 is 1.89 bits per heavy atom. The van der Waals surface area contributed by atoms with Crippen molar-refractivity contribution in [3.05, 3.63) is 30.3 Å². The van der Waals surface area contributed by atoms with Crippen LogP contribution >= 0.6 is 11.5 Å². The molecule has 0 aliphatic carbocycles. The van der Waals surface area contributed by atoms with Gasteiger partial charge in [0.15, 0.2) is 0 Å². The highest BCUT2D eigenvalue weighted by Crippen LogP contribution is 2.30. The molecule has 36 heavy (non-hydrogen) atoms. The average Bonchev–Trinajstić information content (AvgIpc) is 3.50. The Morgan fingerprint density at radius 3 is 2.53 bits per heavy atom. The minimum absolute atomic E-state index is 0.205. The van der Waals surface area contributed by atoms with Crippen LogP contribution in [0, 0.1) is 5.92 Å². The van der Waals surface area contributed by atoms with E-state index >= 15 is 0 Å². The van der Waals surface area contributed by atoms with Crippen molar-refractivity contribution in [2.75, 3.05) is 11.9 Å². The van der Waals surface area contributed by atoms with Crippen molar-refractivity contribution in [1.29, 1.82) is 0 Å². The molecule has 0 radical (unpaired) electrons. The van der Waals surface area contributed by atoms with E-state index in [-0.39, 0.29) is 23.6 Å². The number of hydrogen-bond donors (Lipinski definition) is 2. The molecule has 4 atom stereocenters. The summed E-state index contributed by atoms with van der Waals surface area (Å²) in [4.78, 5) is 41.4. The first-order valence-electron chi connectivity index (χ1n) is 12.5. The summed E-state index contributed by atoms with van der Waals surface area (Å²) in [7, 11) is 0. The fraction of sp³-hybridized carbons (Fsp3) is 0.577. The van der Waals surface area contributed by atoms with Crippen molar-refractivity contribution in [3.63, 3.8) is 0 Å². The Kier molecular flexibility index (Phi) is 9.19. The van der Waals surface area contributed by atoms with Gasteiger partial charge in [-0.25, -0.2) is 0 Å². The Balaban J connectivity index is 1.79. The third kappa shape index (κ3) is 6.88. The number of benzene rings is 1. The SMILES string of the molecule is CC[C@@H](C)C(=O)N[C@H](C(=O)N1CCC[C@H]1C(=O)Nc1snnc1-c1ccccc1)[C@@H](C)OC(C)(C)C. The number of rotatable bonds is 9. The van der Waals surface area contributed by atoms with Crippen molar-refractivity contribution in [2.24, 2.45) is 5.92 Å². The van der Waals surface area contributed by atoms with E-state index in [1.807, 2.05) is 65.0 Å². The third-order valence-corrected chi connectivity index (χ3v) is 6.88. The van der Waals surface area contributed by atoms with Crippen LogP contribution in [0.4, 0.5) is 5.00 Å². The van der Waals surface area contributed by atoms with E-state index < -0.39 is 23.8 Å². The minimum atomic E-state index is -0.899. The number of nitrogens with one attached hydrogen (secondary N) is 2. The maximum Gasteiger partial charge on any atom is 0.248 e. The summed E-state index contributed by atoms with van der Waals surface area (Å²) in [5, 5.41) is 10.5. The molecule has 0 saturated carbocycles. The number of anilines is 1. The first-order chi connectivity index (χ1) is 17.0. The molecule has 2 N–H and O–H groups in total. The van der Waals surface area contributed by atoms with Gasteiger partial charge in [-0.2, -0.15) is 0 Å². The summed E-state index contributed by atoms with van der Waals surface area (Å²) < 4.78 is 10.1. The molecule has 9 nitrogen and oxygen atoms in total. The fourth-order valence-electron chi connectivity index (χ4n) is 4.22.